The van der Waals surface area contributed by atoms with Crippen molar-refractivity contribution in [2.75, 3.05) is 18.8 Å². The maximum atomic E-state index is 12.0. The van der Waals surface area contributed by atoms with Crippen LogP contribution in [0.15, 0.2) is 23.6 Å². The maximum Gasteiger partial charge on any atom is 0.237 e. The van der Waals surface area contributed by atoms with E-state index >= 15 is 0 Å². The van der Waals surface area contributed by atoms with E-state index in [9.17, 15) is 9.59 Å². The van der Waals surface area contributed by atoms with Crippen molar-refractivity contribution in [1.82, 2.24) is 20.3 Å². The number of piperidine rings is 1. The molecular weight excluding hydrogens is 278 g/mol. The van der Waals surface area contributed by atoms with Crippen molar-refractivity contribution in [2.24, 2.45) is 11.8 Å². The van der Waals surface area contributed by atoms with Crippen LogP contribution in [0.5, 0.6) is 0 Å². The van der Waals surface area contributed by atoms with Crippen molar-refractivity contribution >= 4 is 23.6 Å². The maximum absolute atomic E-state index is 12.0. The second-order valence-electron chi connectivity index (χ2n) is 4.48. The lowest BCUT2D eigenvalue weighted by Crippen LogP contribution is -2.45. The summed E-state index contributed by atoms with van der Waals surface area (Å²) in [5.74, 6) is 5.24. The normalized spacial score (nSPS) is 15.9. The number of nitrogens with zero attached hydrogens (tertiary/aromatic N) is 3. The number of rotatable bonds is 4. The number of hydrogen-bond acceptors (Lipinski definition) is 6. The van der Waals surface area contributed by atoms with E-state index in [0.717, 1.165) is 0 Å². The van der Waals surface area contributed by atoms with Gasteiger partial charge in [0.05, 0.1) is 5.75 Å². The van der Waals surface area contributed by atoms with Crippen LogP contribution < -0.4 is 11.3 Å². The van der Waals surface area contributed by atoms with Crippen molar-refractivity contribution in [3.8, 4) is 0 Å². The number of carbonyl (C=O) groups is 2. The Morgan fingerprint density at radius 3 is 2.60 bits per heavy atom. The van der Waals surface area contributed by atoms with E-state index < -0.39 is 0 Å². The van der Waals surface area contributed by atoms with Crippen molar-refractivity contribution in [1.29, 1.82) is 0 Å². The van der Waals surface area contributed by atoms with Gasteiger partial charge in [0.25, 0.3) is 0 Å². The molecule has 1 aromatic rings. The van der Waals surface area contributed by atoms with Crippen LogP contribution in [0.2, 0.25) is 0 Å². The lowest BCUT2D eigenvalue weighted by molar-refractivity contribution is -0.133. The average molecular weight is 295 g/mol. The summed E-state index contributed by atoms with van der Waals surface area (Å²) in [6.45, 7) is 1.18. The lowest BCUT2D eigenvalue weighted by atomic mass is 9.96. The molecule has 1 aromatic heterocycles. The monoisotopic (exact) mass is 295 g/mol. The molecule has 0 unspecified atom stereocenters. The summed E-state index contributed by atoms with van der Waals surface area (Å²) >= 11 is 1.32. The standard InChI is InChI=1S/C12H17N5O2S/c13-16-11(19)9-2-6-17(7-3-9)10(18)8-20-12-14-4-1-5-15-12/h1,4-5,9H,2-3,6-8,13H2,(H,16,19). The number of nitrogens with one attached hydrogen (secondary N) is 1. The van der Waals surface area contributed by atoms with Crippen LogP contribution in [0.4, 0.5) is 0 Å². The van der Waals surface area contributed by atoms with Gasteiger partial charge in [-0.2, -0.15) is 0 Å². The molecule has 2 rings (SSSR count). The van der Waals surface area contributed by atoms with E-state index in [-0.39, 0.29) is 17.7 Å². The fourth-order valence-corrected chi connectivity index (χ4v) is 2.79. The van der Waals surface area contributed by atoms with E-state index in [1.807, 2.05) is 0 Å². The molecule has 0 atom stereocenters. The molecule has 2 amide bonds. The van der Waals surface area contributed by atoms with Gasteiger partial charge < -0.3 is 4.90 Å². The molecule has 3 N–H and O–H groups in total. The quantitative estimate of drug-likeness (QED) is 0.262. The molecule has 1 aliphatic heterocycles. The van der Waals surface area contributed by atoms with Crippen LogP contribution in [-0.2, 0) is 9.59 Å². The minimum absolute atomic E-state index is 0.0501. The van der Waals surface area contributed by atoms with Crippen LogP contribution in [0.1, 0.15) is 12.8 Å². The summed E-state index contributed by atoms with van der Waals surface area (Å²) in [5, 5.41) is 0.596. The van der Waals surface area contributed by atoms with Crippen molar-refractivity contribution < 1.29 is 9.59 Å². The first-order valence-electron chi connectivity index (χ1n) is 6.38. The first kappa shape index (κ1) is 14.7. The molecule has 2 heterocycles. The second kappa shape index (κ2) is 7.20. The first-order valence-corrected chi connectivity index (χ1v) is 7.37. The lowest BCUT2D eigenvalue weighted by Gasteiger charge is -2.30. The molecule has 108 valence electrons. The summed E-state index contributed by atoms with van der Waals surface area (Å²) in [7, 11) is 0. The first-order chi connectivity index (χ1) is 9.70. The van der Waals surface area contributed by atoms with Gasteiger partial charge >= 0.3 is 0 Å². The van der Waals surface area contributed by atoms with Crippen LogP contribution in [-0.4, -0.2) is 45.5 Å². The van der Waals surface area contributed by atoms with E-state index in [4.69, 9.17) is 5.84 Å². The zero-order chi connectivity index (χ0) is 14.4. The highest BCUT2D eigenvalue weighted by molar-refractivity contribution is 7.99. The molecule has 1 fully saturated rings. The Kier molecular flexibility index (Phi) is 5.31. The van der Waals surface area contributed by atoms with Gasteiger partial charge in [0.2, 0.25) is 11.8 Å². The molecule has 0 saturated carbocycles. The number of hydrazine groups is 1. The fraction of sp³-hybridized carbons (Fsp3) is 0.500. The third kappa shape index (κ3) is 3.91. The molecule has 0 spiro atoms. The largest absolute Gasteiger partial charge is 0.342 e. The Labute approximate surface area is 121 Å². The third-order valence-electron chi connectivity index (χ3n) is 3.23. The van der Waals surface area contributed by atoms with Gasteiger partial charge in [-0.15, -0.1) is 0 Å². The summed E-state index contributed by atoms with van der Waals surface area (Å²) < 4.78 is 0. The molecule has 7 nitrogen and oxygen atoms in total. The molecular formula is C12H17N5O2S. The number of thioether (sulfide) groups is 1. The van der Waals surface area contributed by atoms with Gasteiger partial charge in [0, 0.05) is 31.4 Å². The SMILES string of the molecule is NNC(=O)C1CCN(C(=O)CSc2ncccn2)CC1. The molecule has 0 radical (unpaired) electrons. The highest BCUT2D eigenvalue weighted by Crippen LogP contribution is 2.19. The van der Waals surface area contributed by atoms with Gasteiger partial charge in [-0.25, -0.2) is 15.8 Å². The van der Waals surface area contributed by atoms with Gasteiger partial charge in [-0.1, -0.05) is 11.8 Å². The van der Waals surface area contributed by atoms with Crippen molar-refractivity contribution in [3.05, 3.63) is 18.5 Å². The van der Waals surface area contributed by atoms with E-state index in [1.165, 1.54) is 11.8 Å². The van der Waals surface area contributed by atoms with E-state index in [1.54, 1.807) is 23.4 Å². The predicted octanol–water partition coefficient (Wildman–Crippen LogP) is -0.203. The molecule has 1 aliphatic rings. The number of aromatic nitrogens is 2. The van der Waals surface area contributed by atoms with Crippen LogP contribution in [0, 0.1) is 5.92 Å². The molecule has 0 aromatic carbocycles. The fourth-order valence-electron chi connectivity index (χ4n) is 2.09. The number of carbonyl (C=O) groups excluding carboxylic acids is 2. The van der Waals surface area contributed by atoms with Crippen LogP contribution >= 0.6 is 11.8 Å². The Morgan fingerprint density at radius 2 is 2.00 bits per heavy atom. The number of amides is 2. The smallest absolute Gasteiger partial charge is 0.237 e. The van der Waals surface area contributed by atoms with E-state index in [0.29, 0.717) is 36.8 Å². The molecule has 8 heteroatoms. The minimum atomic E-state index is -0.149. The van der Waals surface area contributed by atoms with Gasteiger partial charge in [-0.05, 0) is 18.9 Å². The third-order valence-corrected chi connectivity index (χ3v) is 4.09. The Morgan fingerprint density at radius 1 is 1.35 bits per heavy atom. The average Bonchev–Trinajstić information content (AvgIpc) is 2.53. The van der Waals surface area contributed by atoms with Gasteiger partial charge in [0.1, 0.15) is 0 Å². The Balaban J connectivity index is 1.76. The predicted molar refractivity (Wildman–Crippen MR) is 74.4 cm³/mol. The minimum Gasteiger partial charge on any atom is -0.342 e. The highest BCUT2D eigenvalue weighted by atomic mass is 32.2. The number of nitrogens with two attached hydrogens (primary N) is 1. The van der Waals surface area contributed by atoms with Gasteiger partial charge in [-0.3, -0.25) is 15.0 Å². The Hall–Kier alpha value is -1.67. The number of hydrogen-bond donors (Lipinski definition) is 2. The number of likely N-dealkylation sites (tertiary alicyclic amines) is 1. The summed E-state index contributed by atoms with van der Waals surface area (Å²) in [4.78, 5) is 33.3. The highest BCUT2D eigenvalue weighted by Gasteiger charge is 2.26. The Bertz CT molecular complexity index is 462. The molecule has 0 bridgehead atoms. The van der Waals surface area contributed by atoms with Crippen molar-refractivity contribution in [3.63, 3.8) is 0 Å². The summed E-state index contributed by atoms with van der Waals surface area (Å²) in [6.07, 6.45) is 4.61. The van der Waals surface area contributed by atoms with Crippen LogP contribution in [0.3, 0.4) is 0 Å². The molecule has 0 aliphatic carbocycles. The topological polar surface area (TPSA) is 101 Å². The zero-order valence-electron chi connectivity index (χ0n) is 11.0. The molecule has 1 saturated heterocycles. The van der Waals surface area contributed by atoms with Crippen molar-refractivity contribution in [2.45, 2.75) is 18.0 Å². The summed E-state index contributed by atoms with van der Waals surface area (Å²) in [5.41, 5.74) is 2.16. The second-order valence-corrected chi connectivity index (χ2v) is 5.43. The van der Waals surface area contributed by atoms with Gasteiger partial charge in [0.15, 0.2) is 5.16 Å². The molecule has 20 heavy (non-hydrogen) atoms. The van der Waals surface area contributed by atoms with Crippen LogP contribution in [0.25, 0.3) is 0 Å². The van der Waals surface area contributed by atoms with E-state index in [2.05, 4.69) is 15.4 Å². The zero-order valence-corrected chi connectivity index (χ0v) is 11.8. The summed E-state index contributed by atoms with van der Waals surface area (Å²) in [6, 6.07) is 1.74.